The van der Waals surface area contributed by atoms with Crippen LogP contribution in [-0.4, -0.2) is 44.7 Å². The second-order valence-corrected chi connectivity index (χ2v) is 9.80. The average molecular weight is 444 g/mol. The molecule has 7 nitrogen and oxygen atoms in total. The van der Waals surface area contributed by atoms with E-state index in [2.05, 4.69) is 10.6 Å². The first-order valence-corrected chi connectivity index (χ1v) is 11.9. The van der Waals surface area contributed by atoms with Crippen LogP contribution in [0.1, 0.15) is 48.0 Å². The first-order chi connectivity index (χ1) is 14.8. The number of para-hydroxylation sites is 1. The van der Waals surface area contributed by atoms with Crippen molar-refractivity contribution >= 4 is 27.5 Å². The standard InChI is InChI=1S/C23H29N3O4S/c1-24-22(27)16-17-9-6-7-14-21(17)25-23(28)18-10-8-13-20(15-18)31(29,30)26(2)19-11-4-3-5-12-19/h6-10,13-15,19H,3-5,11-12,16H2,1-2H3,(H,24,27)(H,25,28). The van der Waals surface area contributed by atoms with Crippen molar-refractivity contribution in [2.45, 2.75) is 49.5 Å². The lowest BCUT2D eigenvalue weighted by Crippen LogP contribution is -2.38. The molecule has 3 rings (SSSR count). The number of benzene rings is 2. The fourth-order valence-electron chi connectivity index (χ4n) is 3.86. The lowest BCUT2D eigenvalue weighted by atomic mass is 9.96. The highest BCUT2D eigenvalue weighted by Gasteiger charge is 2.29. The smallest absolute Gasteiger partial charge is 0.255 e. The van der Waals surface area contributed by atoms with Crippen molar-refractivity contribution in [1.29, 1.82) is 0 Å². The zero-order chi connectivity index (χ0) is 22.4. The number of carbonyl (C=O) groups excluding carboxylic acids is 2. The maximum absolute atomic E-state index is 13.1. The highest BCUT2D eigenvalue weighted by atomic mass is 32.2. The van der Waals surface area contributed by atoms with E-state index in [9.17, 15) is 18.0 Å². The fraction of sp³-hybridized carbons (Fsp3) is 0.391. The molecule has 31 heavy (non-hydrogen) atoms. The van der Waals surface area contributed by atoms with E-state index in [1.807, 2.05) is 0 Å². The van der Waals surface area contributed by atoms with Gasteiger partial charge in [-0.15, -0.1) is 0 Å². The van der Waals surface area contributed by atoms with Crippen LogP contribution >= 0.6 is 0 Å². The van der Waals surface area contributed by atoms with Gasteiger partial charge >= 0.3 is 0 Å². The Bertz CT molecular complexity index is 1050. The van der Waals surface area contributed by atoms with E-state index >= 15 is 0 Å². The molecule has 0 heterocycles. The summed E-state index contributed by atoms with van der Waals surface area (Å²) in [7, 11) is -0.521. The SMILES string of the molecule is CNC(=O)Cc1ccccc1NC(=O)c1cccc(S(=O)(=O)N(C)C2CCCCC2)c1. The number of sulfonamides is 1. The van der Waals surface area contributed by atoms with Crippen LogP contribution < -0.4 is 10.6 Å². The number of nitrogens with one attached hydrogen (secondary N) is 2. The fourth-order valence-corrected chi connectivity index (χ4v) is 5.32. The van der Waals surface area contributed by atoms with Crippen LogP contribution in [0.15, 0.2) is 53.4 Å². The van der Waals surface area contributed by atoms with Gasteiger partial charge in [-0.05, 0) is 42.7 Å². The van der Waals surface area contributed by atoms with Gasteiger partial charge in [0.25, 0.3) is 5.91 Å². The Kier molecular flexibility index (Phi) is 7.46. The van der Waals surface area contributed by atoms with Gasteiger partial charge in [-0.1, -0.05) is 43.5 Å². The van der Waals surface area contributed by atoms with Gasteiger partial charge in [0.2, 0.25) is 15.9 Å². The molecule has 1 aliphatic rings. The molecule has 0 bridgehead atoms. The van der Waals surface area contributed by atoms with Crippen molar-refractivity contribution in [2.75, 3.05) is 19.4 Å². The molecule has 0 unspecified atom stereocenters. The van der Waals surface area contributed by atoms with Crippen LogP contribution in [0, 0.1) is 0 Å². The lowest BCUT2D eigenvalue weighted by molar-refractivity contribution is -0.119. The van der Waals surface area contributed by atoms with Crippen molar-refractivity contribution in [2.24, 2.45) is 0 Å². The third-order valence-corrected chi connectivity index (χ3v) is 7.66. The third kappa shape index (κ3) is 5.51. The summed E-state index contributed by atoms with van der Waals surface area (Å²) < 4.78 is 27.7. The first-order valence-electron chi connectivity index (χ1n) is 10.5. The van der Waals surface area contributed by atoms with Crippen LogP contribution in [0.3, 0.4) is 0 Å². The number of amides is 2. The summed E-state index contributed by atoms with van der Waals surface area (Å²) in [4.78, 5) is 24.7. The molecule has 2 aromatic carbocycles. The highest BCUT2D eigenvalue weighted by Crippen LogP contribution is 2.27. The van der Waals surface area contributed by atoms with Gasteiger partial charge < -0.3 is 10.6 Å². The first kappa shape index (κ1) is 23.0. The molecule has 8 heteroatoms. The summed E-state index contributed by atoms with van der Waals surface area (Å²) in [6.45, 7) is 0. The van der Waals surface area contributed by atoms with Crippen molar-refractivity contribution in [1.82, 2.24) is 9.62 Å². The molecule has 1 saturated carbocycles. The predicted octanol–water partition coefficient (Wildman–Crippen LogP) is 3.18. The van der Waals surface area contributed by atoms with Crippen LogP contribution in [-0.2, 0) is 21.2 Å². The number of likely N-dealkylation sites (N-methyl/N-ethyl adjacent to an activating group) is 1. The van der Waals surface area contributed by atoms with Crippen LogP contribution in [0.2, 0.25) is 0 Å². The van der Waals surface area contributed by atoms with Gasteiger partial charge in [0.05, 0.1) is 11.3 Å². The van der Waals surface area contributed by atoms with Crippen molar-refractivity contribution < 1.29 is 18.0 Å². The van der Waals surface area contributed by atoms with Crippen molar-refractivity contribution in [3.05, 3.63) is 59.7 Å². The molecule has 0 atom stereocenters. The van der Waals surface area contributed by atoms with Gasteiger partial charge in [-0.3, -0.25) is 9.59 Å². The summed E-state index contributed by atoms with van der Waals surface area (Å²) >= 11 is 0. The van der Waals surface area contributed by atoms with E-state index in [-0.39, 0.29) is 28.8 Å². The number of anilines is 1. The van der Waals surface area contributed by atoms with Crippen molar-refractivity contribution in [3.63, 3.8) is 0 Å². The Hall–Kier alpha value is -2.71. The van der Waals surface area contributed by atoms with Gasteiger partial charge in [-0.25, -0.2) is 8.42 Å². The van der Waals surface area contributed by atoms with Gasteiger partial charge in [0.15, 0.2) is 0 Å². The summed E-state index contributed by atoms with van der Waals surface area (Å²) in [5.74, 6) is -0.595. The topological polar surface area (TPSA) is 95.6 Å². The molecule has 1 aliphatic carbocycles. The van der Waals surface area contributed by atoms with Gasteiger partial charge in [0, 0.05) is 31.4 Å². The normalized spacial score (nSPS) is 14.9. The third-order valence-electron chi connectivity index (χ3n) is 5.76. The number of nitrogens with zero attached hydrogens (tertiary/aromatic N) is 1. The van der Waals surface area contributed by atoms with E-state index < -0.39 is 15.9 Å². The monoisotopic (exact) mass is 443 g/mol. The Morgan fingerprint density at radius 1 is 1.03 bits per heavy atom. The summed E-state index contributed by atoms with van der Waals surface area (Å²) in [6, 6.07) is 13.1. The van der Waals surface area contributed by atoms with E-state index in [4.69, 9.17) is 0 Å². The Morgan fingerprint density at radius 3 is 2.45 bits per heavy atom. The van der Waals surface area contributed by atoms with Gasteiger partial charge in [-0.2, -0.15) is 4.31 Å². The number of rotatable bonds is 7. The molecule has 0 aliphatic heterocycles. The summed E-state index contributed by atoms with van der Waals surface area (Å²) in [5, 5.41) is 5.36. The number of hydrogen-bond donors (Lipinski definition) is 2. The van der Waals surface area contributed by atoms with E-state index in [1.54, 1.807) is 50.5 Å². The van der Waals surface area contributed by atoms with Crippen molar-refractivity contribution in [3.8, 4) is 0 Å². The van der Waals surface area contributed by atoms with E-state index in [0.717, 1.165) is 32.1 Å². The van der Waals surface area contributed by atoms with Crippen LogP contribution in [0.5, 0.6) is 0 Å². The molecule has 0 spiro atoms. The quantitative estimate of drug-likeness (QED) is 0.687. The summed E-state index contributed by atoms with van der Waals surface area (Å²) in [5.41, 5.74) is 1.44. The zero-order valence-electron chi connectivity index (χ0n) is 17.9. The van der Waals surface area contributed by atoms with Crippen LogP contribution in [0.4, 0.5) is 5.69 Å². The maximum Gasteiger partial charge on any atom is 0.255 e. The molecule has 2 aromatic rings. The molecule has 1 fully saturated rings. The minimum absolute atomic E-state index is 0.00665. The minimum Gasteiger partial charge on any atom is -0.359 e. The van der Waals surface area contributed by atoms with Crippen LogP contribution in [0.25, 0.3) is 0 Å². The molecule has 0 radical (unpaired) electrons. The molecular formula is C23H29N3O4S. The Balaban J connectivity index is 1.80. The van der Waals surface area contributed by atoms with Gasteiger partial charge in [0.1, 0.15) is 0 Å². The maximum atomic E-state index is 13.1. The number of carbonyl (C=O) groups is 2. The molecule has 2 amide bonds. The zero-order valence-corrected chi connectivity index (χ0v) is 18.7. The highest BCUT2D eigenvalue weighted by molar-refractivity contribution is 7.89. The average Bonchev–Trinajstić information content (AvgIpc) is 2.80. The summed E-state index contributed by atoms with van der Waals surface area (Å²) in [6.07, 6.45) is 5.05. The second-order valence-electron chi connectivity index (χ2n) is 7.80. The molecular weight excluding hydrogens is 414 g/mol. The predicted molar refractivity (Wildman–Crippen MR) is 120 cm³/mol. The molecule has 0 aromatic heterocycles. The lowest BCUT2D eigenvalue weighted by Gasteiger charge is -2.30. The largest absolute Gasteiger partial charge is 0.359 e. The minimum atomic E-state index is -3.69. The Labute approximate surface area is 183 Å². The van der Waals surface area contributed by atoms with E-state index in [0.29, 0.717) is 11.3 Å². The molecule has 2 N–H and O–H groups in total. The second kappa shape index (κ2) is 10.1. The molecule has 0 saturated heterocycles. The molecule has 166 valence electrons. The van der Waals surface area contributed by atoms with E-state index in [1.165, 1.54) is 16.4 Å². The number of hydrogen-bond acceptors (Lipinski definition) is 4. The Morgan fingerprint density at radius 2 is 1.74 bits per heavy atom.